The standard InChI is InChI=1S/C18H20N2S/c1-3-10-20-18(17-9-8-13(2)21-17)16-12-19-11-14-6-4-5-7-15(14)16/h4-9,11-12,18,20H,3,10H2,1-2H3. The van der Waals surface area contributed by atoms with Gasteiger partial charge >= 0.3 is 0 Å². The number of aryl methyl sites for hydroxylation is 1. The molecule has 3 rings (SSSR count). The first kappa shape index (κ1) is 14.2. The molecule has 0 aliphatic carbocycles. The van der Waals surface area contributed by atoms with Gasteiger partial charge in [-0.3, -0.25) is 4.98 Å². The van der Waals surface area contributed by atoms with E-state index in [0.717, 1.165) is 13.0 Å². The molecule has 0 saturated carbocycles. The Morgan fingerprint density at radius 1 is 1.14 bits per heavy atom. The second kappa shape index (κ2) is 6.37. The Labute approximate surface area is 129 Å². The Bertz CT molecular complexity index is 727. The van der Waals surface area contributed by atoms with Gasteiger partial charge in [-0.25, -0.2) is 0 Å². The van der Waals surface area contributed by atoms with Crippen molar-refractivity contribution in [3.8, 4) is 0 Å². The summed E-state index contributed by atoms with van der Waals surface area (Å²) in [5, 5.41) is 6.16. The van der Waals surface area contributed by atoms with Crippen molar-refractivity contribution >= 4 is 22.1 Å². The highest BCUT2D eigenvalue weighted by Gasteiger charge is 2.17. The van der Waals surface area contributed by atoms with E-state index >= 15 is 0 Å². The molecule has 1 aromatic carbocycles. The zero-order valence-electron chi connectivity index (χ0n) is 12.5. The molecule has 1 unspecified atom stereocenters. The number of nitrogens with one attached hydrogen (secondary N) is 1. The molecule has 2 aromatic heterocycles. The van der Waals surface area contributed by atoms with Crippen LogP contribution < -0.4 is 5.32 Å². The number of aromatic nitrogens is 1. The van der Waals surface area contributed by atoms with Crippen molar-refractivity contribution in [1.82, 2.24) is 10.3 Å². The summed E-state index contributed by atoms with van der Waals surface area (Å²) in [6.45, 7) is 5.36. The first-order chi connectivity index (χ1) is 10.3. The van der Waals surface area contributed by atoms with Crippen LogP contribution in [-0.4, -0.2) is 11.5 Å². The van der Waals surface area contributed by atoms with Gasteiger partial charge in [0.25, 0.3) is 0 Å². The Balaban J connectivity index is 2.09. The minimum Gasteiger partial charge on any atom is -0.306 e. The third-order valence-electron chi connectivity index (χ3n) is 3.65. The topological polar surface area (TPSA) is 24.9 Å². The summed E-state index contributed by atoms with van der Waals surface area (Å²) in [4.78, 5) is 7.15. The van der Waals surface area contributed by atoms with Gasteiger partial charge in [-0.2, -0.15) is 0 Å². The van der Waals surface area contributed by atoms with Gasteiger partial charge in [0, 0.05) is 33.1 Å². The molecule has 1 atom stereocenters. The Kier molecular flexibility index (Phi) is 4.32. The molecule has 0 aliphatic heterocycles. The lowest BCUT2D eigenvalue weighted by atomic mass is 10.0. The lowest BCUT2D eigenvalue weighted by Gasteiger charge is -2.19. The molecular weight excluding hydrogens is 276 g/mol. The van der Waals surface area contributed by atoms with Gasteiger partial charge in [0.05, 0.1) is 6.04 Å². The maximum Gasteiger partial charge on any atom is 0.0692 e. The molecule has 1 N–H and O–H groups in total. The van der Waals surface area contributed by atoms with Crippen molar-refractivity contribution in [2.45, 2.75) is 26.3 Å². The van der Waals surface area contributed by atoms with Gasteiger partial charge in [0.2, 0.25) is 0 Å². The predicted octanol–water partition coefficient (Wildman–Crippen LogP) is 4.69. The van der Waals surface area contributed by atoms with E-state index in [1.54, 1.807) is 0 Å². The smallest absolute Gasteiger partial charge is 0.0692 e. The molecule has 108 valence electrons. The largest absolute Gasteiger partial charge is 0.306 e. The van der Waals surface area contributed by atoms with Crippen LogP contribution in [0, 0.1) is 6.92 Å². The van der Waals surface area contributed by atoms with Gasteiger partial charge < -0.3 is 5.32 Å². The van der Waals surface area contributed by atoms with Crippen LogP contribution in [0.1, 0.15) is 34.7 Å². The van der Waals surface area contributed by atoms with Gasteiger partial charge in [-0.05, 0) is 37.4 Å². The number of thiophene rings is 1. The number of fused-ring (bicyclic) bond motifs is 1. The highest BCUT2D eigenvalue weighted by molar-refractivity contribution is 7.12. The van der Waals surface area contributed by atoms with E-state index in [1.165, 1.54) is 26.1 Å². The van der Waals surface area contributed by atoms with Crippen molar-refractivity contribution in [3.05, 3.63) is 64.1 Å². The molecule has 0 aliphatic rings. The average Bonchev–Trinajstić information content (AvgIpc) is 2.94. The average molecular weight is 296 g/mol. The number of nitrogens with zero attached hydrogens (tertiary/aromatic N) is 1. The second-order valence-electron chi connectivity index (χ2n) is 5.29. The lowest BCUT2D eigenvalue weighted by molar-refractivity contribution is 0.607. The normalized spacial score (nSPS) is 12.7. The zero-order chi connectivity index (χ0) is 14.7. The maximum absolute atomic E-state index is 4.44. The summed E-state index contributed by atoms with van der Waals surface area (Å²) >= 11 is 1.86. The van der Waals surface area contributed by atoms with Crippen molar-refractivity contribution in [2.75, 3.05) is 6.54 Å². The fourth-order valence-electron chi connectivity index (χ4n) is 2.63. The third kappa shape index (κ3) is 2.99. The molecule has 2 nitrogen and oxygen atoms in total. The van der Waals surface area contributed by atoms with Crippen molar-refractivity contribution in [1.29, 1.82) is 0 Å². The first-order valence-electron chi connectivity index (χ1n) is 7.42. The molecule has 0 saturated heterocycles. The lowest BCUT2D eigenvalue weighted by Crippen LogP contribution is -2.22. The van der Waals surface area contributed by atoms with Crippen LogP contribution in [0.15, 0.2) is 48.8 Å². The Morgan fingerprint density at radius 3 is 2.76 bits per heavy atom. The van der Waals surface area contributed by atoms with Crippen molar-refractivity contribution < 1.29 is 0 Å². The third-order valence-corrected chi connectivity index (χ3v) is 4.72. The number of pyridine rings is 1. The number of benzene rings is 1. The van der Waals surface area contributed by atoms with E-state index < -0.39 is 0 Å². The van der Waals surface area contributed by atoms with Gasteiger partial charge in [-0.1, -0.05) is 31.2 Å². The van der Waals surface area contributed by atoms with Crippen LogP contribution in [0.2, 0.25) is 0 Å². The maximum atomic E-state index is 4.44. The molecule has 0 fully saturated rings. The Morgan fingerprint density at radius 2 is 2.00 bits per heavy atom. The van der Waals surface area contributed by atoms with Gasteiger partial charge in [0.15, 0.2) is 0 Å². The highest BCUT2D eigenvalue weighted by Crippen LogP contribution is 2.32. The second-order valence-corrected chi connectivity index (χ2v) is 6.60. The van der Waals surface area contributed by atoms with E-state index in [1.807, 2.05) is 23.7 Å². The summed E-state index contributed by atoms with van der Waals surface area (Å²) in [6.07, 6.45) is 5.07. The first-order valence-corrected chi connectivity index (χ1v) is 8.23. The number of hydrogen-bond donors (Lipinski definition) is 1. The van der Waals surface area contributed by atoms with Crippen molar-refractivity contribution in [3.63, 3.8) is 0 Å². The van der Waals surface area contributed by atoms with E-state index in [9.17, 15) is 0 Å². The number of hydrogen-bond acceptors (Lipinski definition) is 3. The molecule has 0 amide bonds. The summed E-state index contributed by atoms with van der Waals surface area (Å²) in [5.74, 6) is 0. The van der Waals surface area contributed by atoms with Crippen LogP contribution in [0.4, 0.5) is 0 Å². The van der Waals surface area contributed by atoms with E-state index in [2.05, 4.69) is 60.5 Å². The van der Waals surface area contributed by atoms with Gasteiger partial charge in [0.1, 0.15) is 0 Å². The highest BCUT2D eigenvalue weighted by atomic mass is 32.1. The number of rotatable bonds is 5. The van der Waals surface area contributed by atoms with Gasteiger partial charge in [-0.15, -0.1) is 11.3 Å². The summed E-state index contributed by atoms with van der Waals surface area (Å²) < 4.78 is 0. The summed E-state index contributed by atoms with van der Waals surface area (Å²) in [6, 6.07) is 13.1. The minimum absolute atomic E-state index is 0.224. The van der Waals surface area contributed by atoms with Crippen LogP contribution in [0.5, 0.6) is 0 Å². The van der Waals surface area contributed by atoms with E-state index in [0.29, 0.717) is 0 Å². The molecule has 3 heteroatoms. The quantitative estimate of drug-likeness (QED) is 0.738. The summed E-state index contributed by atoms with van der Waals surface area (Å²) in [5.41, 5.74) is 1.27. The molecule has 2 heterocycles. The Hall–Kier alpha value is -1.71. The van der Waals surface area contributed by atoms with Crippen LogP contribution in [-0.2, 0) is 0 Å². The van der Waals surface area contributed by atoms with Crippen LogP contribution in [0.3, 0.4) is 0 Å². The van der Waals surface area contributed by atoms with Crippen LogP contribution >= 0.6 is 11.3 Å². The monoisotopic (exact) mass is 296 g/mol. The molecule has 0 radical (unpaired) electrons. The molecule has 21 heavy (non-hydrogen) atoms. The van der Waals surface area contributed by atoms with Crippen molar-refractivity contribution in [2.24, 2.45) is 0 Å². The SMILES string of the molecule is CCCNC(c1ccc(C)s1)c1cncc2ccccc12. The summed E-state index contributed by atoms with van der Waals surface area (Å²) in [7, 11) is 0. The molecule has 3 aromatic rings. The molecular formula is C18H20N2S. The fourth-order valence-corrected chi connectivity index (χ4v) is 3.60. The molecule has 0 bridgehead atoms. The fraction of sp³-hybridized carbons (Fsp3) is 0.278. The minimum atomic E-state index is 0.224. The van der Waals surface area contributed by atoms with Crippen LogP contribution in [0.25, 0.3) is 10.8 Å². The zero-order valence-corrected chi connectivity index (χ0v) is 13.3. The van der Waals surface area contributed by atoms with E-state index in [-0.39, 0.29) is 6.04 Å². The predicted molar refractivity (Wildman–Crippen MR) is 90.9 cm³/mol. The molecule has 0 spiro atoms. The van der Waals surface area contributed by atoms with E-state index in [4.69, 9.17) is 0 Å².